The smallest absolute Gasteiger partial charge is 0.0683 e. The lowest BCUT2D eigenvalue weighted by atomic mass is 9.65. The predicted octanol–water partition coefficient (Wildman–Crippen LogP) is 14.3. The first-order valence-electron chi connectivity index (χ1n) is 16.6. The highest BCUT2D eigenvalue weighted by Crippen LogP contribution is 2.44. The van der Waals surface area contributed by atoms with E-state index in [1.54, 1.807) is 0 Å². The third kappa shape index (κ3) is 16.0. The van der Waals surface area contributed by atoms with E-state index < -0.39 is 0 Å². The molecule has 232 valence electrons. The van der Waals surface area contributed by atoms with Gasteiger partial charge in [-0.15, -0.1) is 0 Å². The first-order valence-corrected chi connectivity index (χ1v) is 16.6. The zero-order valence-electron chi connectivity index (χ0n) is 30.0. The second-order valence-corrected chi connectivity index (χ2v) is 6.21. The molecule has 0 unspecified atom stereocenters. The lowest BCUT2D eigenvalue weighted by molar-refractivity contribution is 0.745. The van der Waals surface area contributed by atoms with Gasteiger partial charge in [-0.1, -0.05) is 232 Å². The summed E-state index contributed by atoms with van der Waals surface area (Å²) in [5.41, 5.74) is 4.78. The molecule has 41 heavy (non-hydrogen) atoms. The summed E-state index contributed by atoms with van der Waals surface area (Å²) in [7, 11) is 0. The lowest BCUT2D eigenvalue weighted by Crippen LogP contribution is -2.30. The number of rotatable bonds is 4. The highest BCUT2D eigenvalue weighted by Gasteiger charge is 2.37. The van der Waals surface area contributed by atoms with E-state index >= 15 is 0 Å². The van der Waals surface area contributed by atoms with E-state index in [9.17, 15) is 0 Å². The van der Waals surface area contributed by atoms with Crippen LogP contribution >= 0.6 is 0 Å². The molecule has 0 aromatic heterocycles. The normalized spacial score (nSPS) is 8.00. The molecule has 0 nitrogen and oxygen atoms in total. The largest absolute Gasteiger partial charge is 0.0701 e. The Labute approximate surface area is 259 Å². The number of hydrogen-bond acceptors (Lipinski definition) is 0. The summed E-state index contributed by atoms with van der Waals surface area (Å²) in [6.07, 6.45) is 0. The Balaban J connectivity index is -0.000000235. The molecule has 4 aromatic rings. The highest BCUT2D eigenvalue weighted by atomic mass is 14.4. The van der Waals surface area contributed by atoms with Crippen LogP contribution in [0.25, 0.3) is 0 Å². The van der Waals surface area contributed by atoms with E-state index in [1.165, 1.54) is 22.3 Å². The maximum atomic E-state index is 2.23. The third-order valence-electron chi connectivity index (χ3n) is 4.83. The van der Waals surface area contributed by atoms with E-state index in [0.717, 1.165) is 0 Å². The fourth-order valence-electron chi connectivity index (χ4n) is 3.75. The van der Waals surface area contributed by atoms with E-state index in [2.05, 4.69) is 121 Å². The second-order valence-electron chi connectivity index (χ2n) is 6.21. The average molecular weight is 561 g/mol. The summed E-state index contributed by atoms with van der Waals surface area (Å²) in [5.74, 6) is 0. The molecule has 4 rings (SSSR count). The molecule has 0 spiro atoms. The van der Waals surface area contributed by atoms with Crippen LogP contribution in [0.2, 0.25) is 0 Å². The fraction of sp³-hybridized carbons (Fsp3) is 0.415. The Morgan fingerprint density at radius 3 is 0.463 bits per heavy atom. The molecule has 0 heterocycles. The van der Waals surface area contributed by atoms with Crippen LogP contribution in [-0.4, -0.2) is 0 Å². The first kappa shape index (κ1) is 47.7. The Hall–Kier alpha value is -3.12. The topological polar surface area (TPSA) is 0 Å². The maximum absolute atomic E-state index is 2.23. The van der Waals surface area contributed by atoms with Crippen molar-refractivity contribution in [2.45, 2.75) is 116 Å². The molecule has 0 aliphatic heterocycles. The molecule has 0 heteroatoms. The van der Waals surface area contributed by atoms with Gasteiger partial charge in [0.05, 0.1) is 5.41 Å². The van der Waals surface area contributed by atoms with Crippen LogP contribution in [0, 0.1) is 0 Å². The van der Waals surface area contributed by atoms with Gasteiger partial charge in [-0.25, -0.2) is 0 Å². The van der Waals surface area contributed by atoms with E-state index in [0.29, 0.717) is 0 Å². The van der Waals surface area contributed by atoms with Crippen LogP contribution in [0.4, 0.5) is 0 Å². The van der Waals surface area contributed by atoms with Crippen molar-refractivity contribution >= 4 is 0 Å². The molecule has 0 atom stereocenters. The Morgan fingerprint density at radius 1 is 0.220 bits per heavy atom. The van der Waals surface area contributed by atoms with Crippen molar-refractivity contribution in [2.75, 3.05) is 0 Å². The van der Waals surface area contributed by atoms with Gasteiger partial charge < -0.3 is 0 Å². The number of benzene rings is 4. The summed E-state index contributed by atoms with van der Waals surface area (Å²) in [6, 6.07) is 43.1. The Bertz CT molecular complexity index is 747. The highest BCUT2D eigenvalue weighted by molar-refractivity contribution is 5.59. The minimum atomic E-state index is -0.328. The van der Waals surface area contributed by atoms with Gasteiger partial charge in [0.25, 0.3) is 0 Å². The molecule has 0 N–H and O–H groups in total. The van der Waals surface area contributed by atoms with Gasteiger partial charge in [0, 0.05) is 0 Å². The Kier molecular flexibility index (Phi) is 45.4. The van der Waals surface area contributed by atoms with Crippen LogP contribution < -0.4 is 0 Å². The van der Waals surface area contributed by atoms with Gasteiger partial charge in [-0.05, 0) is 22.3 Å². The van der Waals surface area contributed by atoms with Crippen molar-refractivity contribution in [3.8, 4) is 0 Å². The standard InChI is InChI=1S/C25H20.8C2H6/c1-5-13-21(14-6-1)25(22-15-7-2-8-16-22,23-17-9-3-10-18-23)24-19-11-4-12-20-24;8*1-2/h1-20H;8*1-2H3. The van der Waals surface area contributed by atoms with Crippen molar-refractivity contribution in [3.05, 3.63) is 144 Å². The predicted molar refractivity (Wildman–Crippen MR) is 196 cm³/mol. The molecular formula is C41H68. The van der Waals surface area contributed by atoms with Crippen molar-refractivity contribution in [2.24, 2.45) is 0 Å². The fourth-order valence-corrected chi connectivity index (χ4v) is 3.75. The third-order valence-corrected chi connectivity index (χ3v) is 4.83. The van der Waals surface area contributed by atoms with Crippen LogP contribution in [-0.2, 0) is 5.41 Å². The van der Waals surface area contributed by atoms with E-state index in [-0.39, 0.29) is 5.41 Å². The summed E-state index contributed by atoms with van der Waals surface area (Å²) < 4.78 is 0. The SMILES string of the molecule is CC.CC.CC.CC.CC.CC.CC.CC.c1ccc(C(c2ccccc2)(c2ccccc2)c2ccccc2)cc1. The minimum Gasteiger partial charge on any atom is -0.0683 e. The number of hydrogen-bond donors (Lipinski definition) is 0. The monoisotopic (exact) mass is 561 g/mol. The van der Waals surface area contributed by atoms with Gasteiger partial charge in [0.1, 0.15) is 0 Å². The molecule has 0 bridgehead atoms. The molecule has 0 saturated carbocycles. The van der Waals surface area contributed by atoms with E-state index in [4.69, 9.17) is 0 Å². The van der Waals surface area contributed by atoms with Gasteiger partial charge >= 0.3 is 0 Å². The summed E-state index contributed by atoms with van der Waals surface area (Å²) >= 11 is 0. The summed E-state index contributed by atoms with van der Waals surface area (Å²) in [5, 5.41) is 0. The lowest BCUT2D eigenvalue weighted by Gasteiger charge is -2.36. The minimum absolute atomic E-state index is 0.328. The van der Waals surface area contributed by atoms with Crippen molar-refractivity contribution in [1.29, 1.82) is 0 Å². The summed E-state index contributed by atoms with van der Waals surface area (Å²) in [4.78, 5) is 0. The molecule has 0 saturated heterocycles. The zero-order chi connectivity index (χ0) is 33.0. The van der Waals surface area contributed by atoms with Gasteiger partial charge in [0.15, 0.2) is 0 Å². The van der Waals surface area contributed by atoms with Gasteiger partial charge in [0.2, 0.25) is 0 Å². The second kappa shape index (κ2) is 39.0. The van der Waals surface area contributed by atoms with Gasteiger partial charge in [-0.3, -0.25) is 0 Å². The molecule has 0 aliphatic carbocycles. The molecular weight excluding hydrogens is 492 g/mol. The van der Waals surface area contributed by atoms with Crippen molar-refractivity contribution in [1.82, 2.24) is 0 Å². The average Bonchev–Trinajstić information content (AvgIpc) is 3.14. The molecule has 0 aliphatic rings. The molecule has 0 amide bonds. The van der Waals surface area contributed by atoms with Crippen LogP contribution in [0.1, 0.15) is 133 Å². The quantitative estimate of drug-likeness (QED) is 0.218. The Morgan fingerprint density at radius 2 is 0.341 bits per heavy atom. The summed E-state index contributed by atoms with van der Waals surface area (Å²) in [6.45, 7) is 32.0. The zero-order valence-corrected chi connectivity index (χ0v) is 30.0. The van der Waals surface area contributed by atoms with Gasteiger partial charge in [-0.2, -0.15) is 0 Å². The first-order chi connectivity index (χ1) is 20.4. The van der Waals surface area contributed by atoms with Crippen molar-refractivity contribution in [3.63, 3.8) is 0 Å². The van der Waals surface area contributed by atoms with Crippen molar-refractivity contribution < 1.29 is 0 Å². The molecule has 0 radical (unpaired) electrons. The molecule has 0 fully saturated rings. The maximum Gasteiger partial charge on any atom is 0.0701 e. The van der Waals surface area contributed by atoms with E-state index in [1.807, 2.05) is 111 Å². The van der Waals surface area contributed by atoms with Crippen LogP contribution in [0.15, 0.2) is 121 Å². The molecule has 4 aromatic carbocycles. The van der Waals surface area contributed by atoms with Crippen LogP contribution in [0.5, 0.6) is 0 Å². The van der Waals surface area contributed by atoms with Crippen LogP contribution in [0.3, 0.4) is 0 Å².